The van der Waals surface area contributed by atoms with Gasteiger partial charge in [0, 0.05) is 17.8 Å². The third-order valence-electron chi connectivity index (χ3n) is 4.08. The van der Waals surface area contributed by atoms with E-state index in [1.807, 2.05) is 13.0 Å². The predicted octanol–water partition coefficient (Wildman–Crippen LogP) is 2.05. The molecule has 0 saturated heterocycles. The molecule has 3 rings (SSSR count). The first-order valence-corrected chi connectivity index (χ1v) is 8.34. The topological polar surface area (TPSA) is 62.7 Å². The van der Waals surface area contributed by atoms with Crippen LogP contribution < -0.4 is 9.64 Å². The lowest BCUT2D eigenvalue weighted by molar-refractivity contribution is -0.121. The van der Waals surface area contributed by atoms with Crippen LogP contribution in [0.3, 0.4) is 0 Å². The molecule has 1 fully saturated rings. The van der Waals surface area contributed by atoms with Gasteiger partial charge in [-0.25, -0.2) is 4.98 Å². The van der Waals surface area contributed by atoms with Crippen molar-refractivity contribution in [3.63, 3.8) is 0 Å². The number of carbonyl (C=O) groups is 1. The molecular weight excluding hydrogens is 336 g/mol. The van der Waals surface area contributed by atoms with Gasteiger partial charge in [-0.2, -0.15) is 0 Å². The molecular formula is C15H19BrN2O3. The number of anilines is 1. The SMILES string of the molecule is C[C@]1(O)C[C@@H](N2C(=O)CCc3cc(OCCBr)cnc32)C1. The monoisotopic (exact) mass is 354 g/mol. The van der Waals surface area contributed by atoms with Gasteiger partial charge in [-0.3, -0.25) is 9.69 Å². The fourth-order valence-electron chi connectivity index (χ4n) is 3.11. The number of aromatic nitrogens is 1. The van der Waals surface area contributed by atoms with Gasteiger partial charge < -0.3 is 9.84 Å². The van der Waals surface area contributed by atoms with Crippen LogP contribution in [-0.4, -0.2) is 39.6 Å². The van der Waals surface area contributed by atoms with Crippen LogP contribution in [0.4, 0.5) is 5.82 Å². The van der Waals surface area contributed by atoms with E-state index >= 15 is 0 Å². The molecule has 21 heavy (non-hydrogen) atoms. The molecule has 1 saturated carbocycles. The Morgan fingerprint density at radius 2 is 2.29 bits per heavy atom. The smallest absolute Gasteiger partial charge is 0.228 e. The molecule has 0 spiro atoms. The largest absolute Gasteiger partial charge is 0.491 e. The van der Waals surface area contributed by atoms with Crippen LogP contribution in [0.25, 0.3) is 0 Å². The Labute approximate surface area is 132 Å². The Kier molecular flexibility index (Phi) is 3.92. The minimum atomic E-state index is -0.651. The van der Waals surface area contributed by atoms with Crippen molar-refractivity contribution in [1.82, 2.24) is 4.98 Å². The summed E-state index contributed by atoms with van der Waals surface area (Å²) >= 11 is 3.32. The van der Waals surface area contributed by atoms with Gasteiger partial charge in [0.2, 0.25) is 5.91 Å². The summed E-state index contributed by atoms with van der Waals surface area (Å²) in [6.07, 6.45) is 4.09. The second-order valence-electron chi connectivity index (χ2n) is 6.01. The summed E-state index contributed by atoms with van der Waals surface area (Å²) in [5, 5.41) is 10.7. The van der Waals surface area contributed by atoms with E-state index in [1.54, 1.807) is 11.1 Å². The number of hydrogen-bond acceptors (Lipinski definition) is 4. The lowest BCUT2D eigenvalue weighted by Crippen LogP contribution is -2.57. The molecule has 2 heterocycles. The molecule has 2 aliphatic rings. The number of nitrogens with zero attached hydrogens (tertiary/aromatic N) is 2. The molecule has 1 aliphatic heterocycles. The second-order valence-corrected chi connectivity index (χ2v) is 6.81. The number of rotatable bonds is 4. The van der Waals surface area contributed by atoms with Gasteiger partial charge in [0.1, 0.15) is 11.6 Å². The lowest BCUT2D eigenvalue weighted by Gasteiger charge is -2.47. The number of amides is 1. The Hall–Kier alpha value is -1.14. The lowest BCUT2D eigenvalue weighted by atomic mass is 9.75. The first kappa shape index (κ1) is 14.8. The molecule has 114 valence electrons. The van der Waals surface area contributed by atoms with Gasteiger partial charge in [0.15, 0.2) is 0 Å². The van der Waals surface area contributed by atoms with Crippen LogP contribution in [-0.2, 0) is 11.2 Å². The third-order valence-corrected chi connectivity index (χ3v) is 4.41. The zero-order valence-corrected chi connectivity index (χ0v) is 13.6. The molecule has 0 atom stereocenters. The molecule has 1 N–H and O–H groups in total. The summed E-state index contributed by atoms with van der Waals surface area (Å²) in [7, 11) is 0. The maximum absolute atomic E-state index is 12.2. The van der Waals surface area contributed by atoms with E-state index < -0.39 is 5.60 Å². The van der Waals surface area contributed by atoms with Crippen molar-refractivity contribution in [2.24, 2.45) is 0 Å². The summed E-state index contributed by atoms with van der Waals surface area (Å²) in [5.74, 6) is 1.57. The number of halogens is 1. The van der Waals surface area contributed by atoms with Crippen LogP contribution in [0.5, 0.6) is 5.75 Å². The number of hydrogen-bond donors (Lipinski definition) is 1. The highest BCUT2D eigenvalue weighted by Gasteiger charge is 2.45. The summed E-state index contributed by atoms with van der Waals surface area (Å²) < 4.78 is 5.56. The summed E-state index contributed by atoms with van der Waals surface area (Å²) in [5.41, 5.74) is 0.398. The van der Waals surface area contributed by atoms with Gasteiger partial charge in [-0.05, 0) is 37.8 Å². The highest BCUT2D eigenvalue weighted by molar-refractivity contribution is 9.09. The number of ether oxygens (including phenoxy) is 1. The van der Waals surface area contributed by atoms with E-state index in [0.29, 0.717) is 32.3 Å². The Morgan fingerprint density at radius 3 is 2.95 bits per heavy atom. The number of pyridine rings is 1. The standard InChI is InChI=1S/C15H19BrN2O3/c1-15(20)7-11(8-15)18-13(19)3-2-10-6-12(21-5-4-16)9-17-14(10)18/h6,9,11,20H,2-5,7-8H2,1H3/t11-,15+. The van der Waals surface area contributed by atoms with E-state index in [4.69, 9.17) is 4.74 Å². The van der Waals surface area contributed by atoms with E-state index in [1.165, 1.54) is 0 Å². The van der Waals surface area contributed by atoms with Gasteiger partial charge in [-0.1, -0.05) is 15.9 Å². The Morgan fingerprint density at radius 1 is 1.52 bits per heavy atom. The Balaban J connectivity index is 1.83. The molecule has 0 radical (unpaired) electrons. The average Bonchev–Trinajstić information content (AvgIpc) is 2.42. The van der Waals surface area contributed by atoms with Crippen molar-refractivity contribution < 1.29 is 14.6 Å². The number of alkyl halides is 1. The van der Waals surface area contributed by atoms with E-state index in [-0.39, 0.29) is 11.9 Å². The summed E-state index contributed by atoms with van der Waals surface area (Å²) in [6, 6.07) is 2.04. The number of aliphatic hydroxyl groups is 1. The van der Waals surface area contributed by atoms with Crippen LogP contribution in [0, 0.1) is 0 Å². The highest BCUT2D eigenvalue weighted by atomic mass is 79.9. The van der Waals surface area contributed by atoms with Crippen molar-refractivity contribution in [2.75, 3.05) is 16.8 Å². The predicted molar refractivity (Wildman–Crippen MR) is 83.0 cm³/mol. The van der Waals surface area contributed by atoms with E-state index in [0.717, 1.165) is 22.5 Å². The van der Waals surface area contributed by atoms with E-state index in [2.05, 4.69) is 20.9 Å². The molecule has 6 heteroatoms. The zero-order chi connectivity index (χ0) is 15.0. The van der Waals surface area contributed by atoms with Gasteiger partial charge in [-0.15, -0.1) is 0 Å². The molecule has 5 nitrogen and oxygen atoms in total. The quantitative estimate of drug-likeness (QED) is 0.840. The summed E-state index contributed by atoms with van der Waals surface area (Å²) in [4.78, 5) is 18.4. The second kappa shape index (κ2) is 5.57. The van der Waals surface area contributed by atoms with Crippen molar-refractivity contribution in [3.05, 3.63) is 17.8 Å². The normalized spacial score (nSPS) is 28.0. The Bertz CT molecular complexity index is 554. The maximum atomic E-state index is 12.2. The van der Waals surface area contributed by atoms with Gasteiger partial charge >= 0.3 is 0 Å². The zero-order valence-electron chi connectivity index (χ0n) is 12.0. The molecule has 1 aromatic rings. The van der Waals surface area contributed by atoms with E-state index in [9.17, 15) is 9.90 Å². The van der Waals surface area contributed by atoms with Gasteiger partial charge in [0.05, 0.1) is 18.4 Å². The molecule has 0 aromatic carbocycles. The van der Waals surface area contributed by atoms with Crippen molar-refractivity contribution in [1.29, 1.82) is 0 Å². The van der Waals surface area contributed by atoms with Crippen LogP contribution in [0.2, 0.25) is 0 Å². The van der Waals surface area contributed by atoms with Gasteiger partial charge in [0.25, 0.3) is 0 Å². The molecule has 1 aromatic heterocycles. The fraction of sp³-hybridized carbons (Fsp3) is 0.600. The molecule has 0 unspecified atom stereocenters. The number of carbonyl (C=O) groups excluding carboxylic acids is 1. The first-order chi connectivity index (χ1) is 10.00. The van der Waals surface area contributed by atoms with Crippen molar-refractivity contribution in [3.8, 4) is 5.75 Å². The molecule has 0 bridgehead atoms. The summed E-state index contributed by atoms with van der Waals surface area (Å²) in [6.45, 7) is 2.40. The van der Waals surface area contributed by atoms with Crippen molar-refractivity contribution in [2.45, 2.75) is 44.2 Å². The number of aryl methyl sites for hydroxylation is 1. The average molecular weight is 355 g/mol. The van der Waals surface area contributed by atoms with Crippen LogP contribution in [0.15, 0.2) is 12.3 Å². The minimum absolute atomic E-state index is 0.0633. The number of fused-ring (bicyclic) bond motifs is 1. The van der Waals surface area contributed by atoms with Crippen LogP contribution in [0.1, 0.15) is 31.7 Å². The maximum Gasteiger partial charge on any atom is 0.228 e. The third kappa shape index (κ3) is 2.92. The van der Waals surface area contributed by atoms with Crippen LogP contribution >= 0.6 is 15.9 Å². The van der Waals surface area contributed by atoms with Crippen molar-refractivity contribution >= 4 is 27.7 Å². The fourth-order valence-corrected chi connectivity index (χ4v) is 3.27. The molecule has 1 aliphatic carbocycles. The highest BCUT2D eigenvalue weighted by Crippen LogP contribution is 2.40. The first-order valence-electron chi connectivity index (χ1n) is 7.22. The molecule has 1 amide bonds. The minimum Gasteiger partial charge on any atom is -0.491 e.